The Balaban J connectivity index is 1.43. The Morgan fingerprint density at radius 2 is 2.15 bits per heavy atom. The van der Waals surface area contributed by atoms with Crippen LogP contribution in [0, 0.1) is 5.92 Å². The van der Waals surface area contributed by atoms with Crippen LogP contribution < -0.4 is 5.32 Å². The number of fused-ring (bicyclic) bond motifs is 2. The number of nitrogens with zero attached hydrogens (tertiary/aromatic N) is 5. The van der Waals surface area contributed by atoms with Gasteiger partial charge in [-0.05, 0) is 25.0 Å². The molecule has 0 atom stereocenters. The highest BCUT2D eigenvalue weighted by Crippen LogP contribution is 2.43. The summed E-state index contributed by atoms with van der Waals surface area (Å²) in [6.07, 6.45) is 7.99. The highest BCUT2D eigenvalue weighted by molar-refractivity contribution is 5.93. The van der Waals surface area contributed by atoms with Crippen molar-refractivity contribution in [3.05, 3.63) is 37.1 Å². The number of halogens is 2. The number of aromatic amines is 1. The van der Waals surface area contributed by atoms with E-state index in [2.05, 4.69) is 30.4 Å². The molecule has 4 aromatic rings. The SMILES string of the molecule is FC(F)(CNc1ncc2c(-c3ccc4ncnn4c3)c[nH]c2n1)C1CC1. The quantitative estimate of drug-likeness (QED) is 0.575. The van der Waals surface area contributed by atoms with Crippen molar-refractivity contribution in [3.63, 3.8) is 0 Å². The van der Waals surface area contributed by atoms with Crippen LogP contribution in [0.15, 0.2) is 37.1 Å². The van der Waals surface area contributed by atoms with Crippen molar-refractivity contribution in [1.82, 2.24) is 29.5 Å². The fourth-order valence-electron chi connectivity index (χ4n) is 3.05. The van der Waals surface area contributed by atoms with Crippen molar-refractivity contribution in [2.75, 3.05) is 11.9 Å². The van der Waals surface area contributed by atoms with Crippen LogP contribution in [0.4, 0.5) is 14.7 Å². The molecule has 0 unspecified atom stereocenters. The molecule has 0 spiro atoms. The predicted molar refractivity (Wildman–Crippen MR) is 92.0 cm³/mol. The third-order valence-corrected chi connectivity index (χ3v) is 4.67. The molecule has 1 aliphatic rings. The Morgan fingerprint density at radius 1 is 1.27 bits per heavy atom. The Bertz CT molecular complexity index is 1100. The summed E-state index contributed by atoms with van der Waals surface area (Å²) in [5.41, 5.74) is 3.19. The molecule has 132 valence electrons. The number of anilines is 1. The van der Waals surface area contributed by atoms with Gasteiger partial charge in [-0.2, -0.15) is 10.1 Å². The van der Waals surface area contributed by atoms with Crippen molar-refractivity contribution < 1.29 is 8.78 Å². The van der Waals surface area contributed by atoms with E-state index in [1.807, 2.05) is 24.5 Å². The molecule has 1 fully saturated rings. The van der Waals surface area contributed by atoms with E-state index in [4.69, 9.17) is 0 Å². The van der Waals surface area contributed by atoms with Gasteiger partial charge in [0.1, 0.15) is 12.0 Å². The number of hydrogen-bond acceptors (Lipinski definition) is 5. The minimum Gasteiger partial charge on any atom is -0.348 e. The number of hydrogen-bond donors (Lipinski definition) is 2. The van der Waals surface area contributed by atoms with E-state index in [0.29, 0.717) is 18.5 Å². The zero-order valence-corrected chi connectivity index (χ0v) is 13.7. The average molecular weight is 355 g/mol. The zero-order chi connectivity index (χ0) is 17.7. The highest BCUT2D eigenvalue weighted by Gasteiger charge is 2.46. The van der Waals surface area contributed by atoms with Crippen molar-refractivity contribution in [3.8, 4) is 11.1 Å². The van der Waals surface area contributed by atoms with Gasteiger partial charge in [0.2, 0.25) is 5.95 Å². The van der Waals surface area contributed by atoms with Gasteiger partial charge in [0.05, 0.1) is 6.54 Å². The number of pyridine rings is 1. The summed E-state index contributed by atoms with van der Waals surface area (Å²) in [6.45, 7) is -0.445. The van der Waals surface area contributed by atoms with Gasteiger partial charge in [-0.25, -0.2) is 23.3 Å². The first-order valence-electron chi connectivity index (χ1n) is 8.36. The van der Waals surface area contributed by atoms with E-state index in [1.165, 1.54) is 6.33 Å². The molecule has 0 amide bonds. The third kappa shape index (κ3) is 2.56. The molecule has 4 heterocycles. The van der Waals surface area contributed by atoms with E-state index >= 15 is 0 Å². The lowest BCUT2D eigenvalue weighted by atomic mass is 10.1. The molecular weight excluding hydrogens is 340 g/mol. The molecule has 5 rings (SSSR count). The fourth-order valence-corrected chi connectivity index (χ4v) is 3.05. The van der Waals surface area contributed by atoms with E-state index < -0.39 is 18.4 Å². The average Bonchev–Trinajstić information content (AvgIpc) is 3.27. The van der Waals surface area contributed by atoms with Crippen LogP contribution in [0.2, 0.25) is 0 Å². The Hall–Kier alpha value is -3.10. The summed E-state index contributed by atoms with van der Waals surface area (Å²) in [4.78, 5) is 15.7. The second-order valence-corrected chi connectivity index (χ2v) is 6.53. The van der Waals surface area contributed by atoms with Crippen molar-refractivity contribution in [1.29, 1.82) is 0 Å². The lowest BCUT2D eigenvalue weighted by Crippen LogP contribution is -2.29. The van der Waals surface area contributed by atoms with Crippen LogP contribution in [0.5, 0.6) is 0 Å². The number of aromatic nitrogens is 6. The lowest BCUT2D eigenvalue weighted by molar-refractivity contribution is -0.00831. The topological polar surface area (TPSA) is 83.8 Å². The summed E-state index contributed by atoms with van der Waals surface area (Å²) >= 11 is 0. The number of rotatable bonds is 5. The molecule has 9 heteroatoms. The zero-order valence-electron chi connectivity index (χ0n) is 13.7. The first-order valence-corrected chi connectivity index (χ1v) is 8.36. The van der Waals surface area contributed by atoms with Crippen LogP contribution in [-0.2, 0) is 0 Å². The number of alkyl halides is 2. The summed E-state index contributed by atoms with van der Waals surface area (Å²) in [7, 11) is 0. The molecular formula is C17H15F2N7. The number of H-pyrrole nitrogens is 1. The maximum atomic E-state index is 13.8. The van der Waals surface area contributed by atoms with Gasteiger partial charge in [-0.1, -0.05) is 0 Å². The van der Waals surface area contributed by atoms with Gasteiger partial charge in [-0.3, -0.25) is 0 Å². The second-order valence-electron chi connectivity index (χ2n) is 6.53. The predicted octanol–water partition coefficient (Wildman–Crippen LogP) is 3.12. The van der Waals surface area contributed by atoms with Gasteiger partial charge < -0.3 is 10.3 Å². The molecule has 4 aromatic heterocycles. The largest absolute Gasteiger partial charge is 0.348 e. The van der Waals surface area contributed by atoms with Gasteiger partial charge in [0, 0.05) is 41.0 Å². The highest BCUT2D eigenvalue weighted by atomic mass is 19.3. The van der Waals surface area contributed by atoms with Gasteiger partial charge in [0.25, 0.3) is 5.92 Å². The fraction of sp³-hybridized carbons (Fsp3) is 0.294. The van der Waals surface area contributed by atoms with Crippen molar-refractivity contribution >= 4 is 22.6 Å². The molecule has 1 aliphatic carbocycles. The first kappa shape index (κ1) is 15.2. The summed E-state index contributed by atoms with van der Waals surface area (Å²) < 4.78 is 29.3. The van der Waals surface area contributed by atoms with E-state index in [1.54, 1.807) is 10.7 Å². The molecule has 7 nitrogen and oxygen atoms in total. The van der Waals surface area contributed by atoms with E-state index in [-0.39, 0.29) is 5.95 Å². The van der Waals surface area contributed by atoms with Gasteiger partial charge >= 0.3 is 0 Å². The molecule has 0 radical (unpaired) electrons. The normalized spacial score (nSPS) is 15.0. The minimum atomic E-state index is -2.72. The molecule has 26 heavy (non-hydrogen) atoms. The van der Waals surface area contributed by atoms with Crippen LogP contribution >= 0.6 is 0 Å². The van der Waals surface area contributed by atoms with Crippen LogP contribution in [0.3, 0.4) is 0 Å². The maximum Gasteiger partial charge on any atom is 0.267 e. The second kappa shape index (κ2) is 5.45. The molecule has 0 aliphatic heterocycles. The van der Waals surface area contributed by atoms with Crippen molar-refractivity contribution in [2.24, 2.45) is 5.92 Å². The van der Waals surface area contributed by atoms with Crippen molar-refractivity contribution in [2.45, 2.75) is 18.8 Å². The van der Waals surface area contributed by atoms with Crippen LogP contribution in [0.25, 0.3) is 27.8 Å². The molecule has 1 saturated carbocycles. The summed E-state index contributed by atoms with van der Waals surface area (Å²) in [5, 5.41) is 7.60. The van der Waals surface area contributed by atoms with E-state index in [9.17, 15) is 8.78 Å². The standard InChI is InChI=1S/C17H15F2N7/c18-17(19,11-2-3-11)8-22-16-21-6-13-12(5-20-15(13)25-16)10-1-4-14-23-9-24-26(14)7-10/h1,4-7,9,11H,2-3,8H2,(H2,20,21,22,25). The van der Waals surface area contributed by atoms with E-state index in [0.717, 1.165) is 22.2 Å². The molecule has 0 aromatic carbocycles. The first-order chi connectivity index (χ1) is 12.6. The molecule has 0 bridgehead atoms. The minimum absolute atomic E-state index is 0.193. The third-order valence-electron chi connectivity index (χ3n) is 4.67. The molecule has 2 N–H and O–H groups in total. The molecule has 0 saturated heterocycles. The van der Waals surface area contributed by atoms with Gasteiger partial charge in [0.15, 0.2) is 5.65 Å². The number of nitrogens with one attached hydrogen (secondary N) is 2. The maximum absolute atomic E-state index is 13.8. The Kier molecular flexibility index (Phi) is 3.18. The van der Waals surface area contributed by atoms with Crippen LogP contribution in [-0.4, -0.2) is 42.0 Å². The Labute approximate surface area is 146 Å². The Morgan fingerprint density at radius 3 is 3.00 bits per heavy atom. The van der Waals surface area contributed by atoms with Gasteiger partial charge in [-0.15, -0.1) is 0 Å². The summed E-state index contributed by atoms with van der Waals surface area (Å²) in [6, 6.07) is 3.81. The van der Waals surface area contributed by atoms with Crippen LogP contribution in [0.1, 0.15) is 12.8 Å². The monoisotopic (exact) mass is 355 g/mol. The lowest BCUT2D eigenvalue weighted by Gasteiger charge is -2.15. The smallest absolute Gasteiger partial charge is 0.267 e. The summed E-state index contributed by atoms with van der Waals surface area (Å²) in [5.74, 6) is -3.03.